The Morgan fingerprint density at radius 2 is 1.95 bits per heavy atom. The van der Waals surface area contributed by atoms with Gasteiger partial charge in [-0.15, -0.1) is 0 Å². The topological polar surface area (TPSA) is 57.4 Å². The van der Waals surface area contributed by atoms with Crippen LogP contribution in [0.3, 0.4) is 0 Å². The van der Waals surface area contributed by atoms with Gasteiger partial charge in [0.25, 0.3) is 0 Å². The van der Waals surface area contributed by atoms with Crippen LogP contribution in [-0.2, 0) is 0 Å². The van der Waals surface area contributed by atoms with Crippen molar-refractivity contribution in [3.8, 4) is 11.5 Å². The van der Waals surface area contributed by atoms with E-state index in [2.05, 4.69) is 4.98 Å². The first kappa shape index (κ1) is 15.6. The SMILES string of the molecule is COc1cc(Cl)ccc1C(N)c1cncc(OC(C)C)c1. The van der Waals surface area contributed by atoms with Crippen LogP contribution in [0.4, 0.5) is 0 Å². The van der Waals surface area contributed by atoms with E-state index in [0.29, 0.717) is 16.5 Å². The summed E-state index contributed by atoms with van der Waals surface area (Å²) in [7, 11) is 1.60. The van der Waals surface area contributed by atoms with E-state index in [1.54, 1.807) is 31.6 Å². The average molecular weight is 307 g/mol. The Kier molecular flexibility index (Phi) is 5.04. The summed E-state index contributed by atoms with van der Waals surface area (Å²) >= 11 is 5.98. The Bertz CT molecular complexity index is 617. The molecule has 0 fully saturated rings. The molecule has 0 bridgehead atoms. The Morgan fingerprint density at radius 1 is 1.19 bits per heavy atom. The molecule has 2 aromatic rings. The number of rotatable bonds is 5. The number of nitrogens with two attached hydrogens (primary N) is 1. The zero-order valence-electron chi connectivity index (χ0n) is 12.3. The summed E-state index contributed by atoms with van der Waals surface area (Å²) in [6.07, 6.45) is 3.49. The third kappa shape index (κ3) is 3.86. The highest BCUT2D eigenvalue weighted by Gasteiger charge is 2.15. The lowest BCUT2D eigenvalue weighted by atomic mass is 10.00. The number of ether oxygens (including phenoxy) is 2. The molecule has 1 atom stereocenters. The second kappa shape index (κ2) is 6.78. The fourth-order valence-electron chi connectivity index (χ4n) is 2.06. The first-order valence-electron chi connectivity index (χ1n) is 6.72. The van der Waals surface area contributed by atoms with Gasteiger partial charge in [0.05, 0.1) is 25.5 Å². The van der Waals surface area contributed by atoms with Crippen LogP contribution < -0.4 is 15.2 Å². The third-order valence-corrected chi connectivity index (χ3v) is 3.23. The van der Waals surface area contributed by atoms with E-state index in [-0.39, 0.29) is 12.1 Å². The summed E-state index contributed by atoms with van der Waals surface area (Å²) < 4.78 is 11.0. The van der Waals surface area contributed by atoms with E-state index < -0.39 is 0 Å². The molecular weight excluding hydrogens is 288 g/mol. The zero-order chi connectivity index (χ0) is 15.4. The highest BCUT2D eigenvalue weighted by Crippen LogP contribution is 2.31. The molecule has 0 aliphatic rings. The predicted molar refractivity (Wildman–Crippen MR) is 84.0 cm³/mol. The molecule has 1 heterocycles. The molecule has 0 saturated heterocycles. The van der Waals surface area contributed by atoms with E-state index >= 15 is 0 Å². The number of benzene rings is 1. The minimum Gasteiger partial charge on any atom is -0.496 e. The molecule has 5 heteroatoms. The summed E-state index contributed by atoms with van der Waals surface area (Å²) in [5.74, 6) is 1.36. The standard InChI is InChI=1S/C16H19ClN2O2/c1-10(2)21-13-6-11(8-19-9-13)16(18)14-5-4-12(17)7-15(14)20-3/h4-10,16H,18H2,1-3H3. The molecule has 1 unspecified atom stereocenters. The maximum atomic E-state index is 6.32. The third-order valence-electron chi connectivity index (χ3n) is 3.00. The molecule has 4 nitrogen and oxygen atoms in total. The predicted octanol–water partition coefficient (Wildman–Crippen LogP) is 3.58. The first-order valence-corrected chi connectivity index (χ1v) is 7.09. The summed E-state index contributed by atoms with van der Waals surface area (Å²) in [5.41, 5.74) is 8.03. The fourth-order valence-corrected chi connectivity index (χ4v) is 2.23. The van der Waals surface area contributed by atoms with Gasteiger partial charge in [-0.3, -0.25) is 4.98 Å². The number of hydrogen-bond acceptors (Lipinski definition) is 4. The van der Waals surface area contributed by atoms with Crippen LogP contribution in [0, 0.1) is 0 Å². The van der Waals surface area contributed by atoms with Crippen LogP contribution in [-0.4, -0.2) is 18.2 Å². The van der Waals surface area contributed by atoms with Crippen LogP contribution in [0.25, 0.3) is 0 Å². The van der Waals surface area contributed by atoms with Gasteiger partial charge in [0, 0.05) is 16.8 Å². The fraction of sp³-hybridized carbons (Fsp3) is 0.312. The lowest BCUT2D eigenvalue weighted by Gasteiger charge is -2.17. The zero-order valence-corrected chi connectivity index (χ0v) is 13.1. The second-order valence-electron chi connectivity index (χ2n) is 4.98. The lowest BCUT2D eigenvalue weighted by molar-refractivity contribution is 0.241. The molecular formula is C16H19ClN2O2. The minimum atomic E-state index is -0.361. The molecule has 0 amide bonds. The van der Waals surface area contributed by atoms with Crippen molar-refractivity contribution in [2.24, 2.45) is 5.73 Å². The van der Waals surface area contributed by atoms with Gasteiger partial charge in [0.2, 0.25) is 0 Å². The number of hydrogen-bond donors (Lipinski definition) is 1. The Labute approximate surface area is 129 Å². The van der Waals surface area contributed by atoms with Gasteiger partial charge in [0.15, 0.2) is 0 Å². The van der Waals surface area contributed by atoms with E-state index in [1.807, 2.05) is 26.0 Å². The number of methoxy groups -OCH3 is 1. The molecule has 2 rings (SSSR count). The summed E-state index contributed by atoms with van der Waals surface area (Å²) in [5, 5.41) is 0.609. The smallest absolute Gasteiger partial charge is 0.138 e. The molecule has 0 radical (unpaired) electrons. The second-order valence-corrected chi connectivity index (χ2v) is 5.42. The molecule has 1 aromatic heterocycles. The van der Waals surface area contributed by atoms with Gasteiger partial charge in [-0.1, -0.05) is 17.7 Å². The monoisotopic (exact) mass is 306 g/mol. The molecule has 21 heavy (non-hydrogen) atoms. The van der Waals surface area contributed by atoms with Crippen molar-refractivity contribution in [1.82, 2.24) is 4.98 Å². The van der Waals surface area contributed by atoms with Crippen molar-refractivity contribution < 1.29 is 9.47 Å². The van der Waals surface area contributed by atoms with Gasteiger partial charge in [-0.25, -0.2) is 0 Å². The molecule has 0 spiro atoms. The Morgan fingerprint density at radius 3 is 2.62 bits per heavy atom. The van der Waals surface area contributed by atoms with E-state index in [1.165, 1.54) is 0 Å². The number of halogens is 1. The number of pyridine rings is 1. The Balaban J connectivity index is 2.33. The minimum absolute atomic E-state index is 0.0864. The van der Waals surface area contributed by atoms with Crippen molar-refractivity contribution in [2.45, 2.75) is 26.0 Å². The summed E-state index contributed by atoms with van der Waals surface area (Å²) in [4.78, 5) is 4.19. The van der Waals surface area contributed by atoms with Crippen molar-refractivity contribution in [3.63, 3.8) is 0 Å². The van der Waals surface area contributed by atoms with Crippen molar-refractivity contribution in [1.29, 1.82) is 0 Å². The van der Waals surface area contributed by atoms with Crippen molar-refractivity contribution in [3.05, 3.63) is 52.8 Å². The summed E-state index contributed by atoms with van der Waals surface area (Å²) in [6.45, 7) is 3.93. The van der Waals surface area contributed by atoms with Gasteiger partial charge >= 0.3 is 0 Å². The normalized spacial score (nSPS) is 12.3. The maximum absolute atomic E-state index is 6.32. The largest absolute Gasteiger partial charge is 0.496 e. The molecule has 1 aromatic carbocycles. The van der Waals surface area contributed by atoms with Crippen LogP contribution >= 0.6 is 11.6 Å². The van der Waals surface area contributed by atoms with Gasteiger partial charge in [-0.05, 0) is 37.6 Å². The van der Waals surface area contributed by atoms with Crippen LogP contribution in [0.15, 0.2) is 36.7 Å². The molecule has 0 saturated carbocycles. The summed E-state index contributed by atoms with van der Waals surface area (Å²) in [6, 6.07) is 6.94. The van der Waals surface area contributed by atoms with Crippen LogP contribution in [0.5, 0.6) is 11.5 Å². The highest BCUT2D eigenvalue weighted by atomic mass is 35.5. The van der Waals surface area contributed by atoms with Crippen molar-refractivity contribution >= 4 is 11.6 Å². The number of nitrogens with zero attached hydrogens (tertiary/aromatic N) is 1. The molecule has 2 N–H and O–H groups in total. The van der Waals surface area contributed by atoms with E-state index in [9.17, 15) is 0 Å². The average Bonchev–Trinajstić information content (AvgIpc) is 2.46. The highest BCUT2D eigenvalue weighted by molar-refractivity contribution is 6.30. The number of aromatic nitrogens is 1. The quantitative estimate of drug-likeness (QED) is 0.917. The van der Waals surface area contributed by atoms with Gasteiger partial charge in [0.1, 0.15) is 11.5 Å². The van der Waals surface area contributed by atoms with Gasteiger partial charge in [-0.2, -0.15) is 0 Å². The molecule has 0 aliphatic carbocycles. The Hall–Kier alpha value is -1.78. The van der Waals surface area contributed by atoms with E-state index in [0.717, 1.165) is 11.1 Å². The van der Waals surface area contributed by atoms with E-state index in [4.69, 9.17) is 26.8 Å². The maximum Gasteiger partial charge on any atom is 0.138 e. The van der Waals surface area contributed by atoms with Crippen LogP contribution in [0.2, 0.25) is 5.02 Å². The van der Waals surface area contributed by atoms with Crippen molar-refractivity contribution in [2.75, 3.05) is 7.11 Å². The molecule has 112 valence electrons. The lowest BCUT2D eigenvalue weighted by Crippen LogP contribution is -2.14. The molecule has 0 aliphatic heterocycles. The van der Waals surface area contributed by atoms with Crippen LogP contribution in [0.1, 0.15) is 31.0 Å². The first-order chi connectivity index (χ1) is 10.0. The van der Waals surface area contributed by atoms with Gasteiger partial charge < -0.3 is 15.2 Å².